The highest BCUT2D eigenvalue weighted by Gasteiger charge is 2.18. The van der Waals surface area contributed by atoms with Crippen LogP contribution in [-0.2, 0) is 4.79 Å². The molecule has 1 aromatic carbocycles. The summed E-state index contributed by atoms with van der Waals surface area (Å²) in [5.74, 6) is -0.824. The van der Waals surface area contributed by atoms with Gasteiger partial charge in [-0.3, -0.25) is 14.9 Å². The molecule has 0 spiro atoms. The van der Waals surface area contributed by atoms with Crippen molar-refractivity contribution in [2.24, 2.45) is 0 Å². The summed E-state index contributed by atoms with van der Waals surface area (Å²) in [5.41, 5.74) is 0.110. The molecule has 0 aromatic heterocycles. The fourth-order valence-electron chi connectivity index (χ4n) is 1.77. The standard InChI is InChI=1S/C13H15N3O4/c14-9-10-5-4-6-11(13(10)16(19)20)15-8-3-1-2-7-12(17)18/h4-6,15H,1-3,7-8H2,(H,17,18). The second-order valence-corrected chi connectivity index (χ2v) is 4.20. The Kier molecular flexibility index (Phi) is 5.97. The number of unbranched alkanes of at least 4 members (excludes halogenated alkanes) is 2. The van der Waals surface area contributed by atoms with E-state index in [4.69, 9.17) is 10.4 Å². The first-order chi connectivity index (χ1) is 9.56. The molecule has 2 N–H and O–H groups in total. The zero-order valence-electron chi connectivity index (χ0n) is 10.8. The summed E-state index contributed by atoms with van der Waals surface area (Å²) < 4.78 is 0. The summed E-state index contributed by atoms with van der Waals surface area (Å²) in [4.78, 5) is 20.7. The maximum Gasteiger partial charge on any atom is 0.309 e. The van der Waals surface area contributed by atoms with Gasteiger partial charge in [0.05, 0.1) is 4.92 Å². The van der Waals surface area contributed by atoms with Crippen LogP contribution < -0.4 is 5.32 Å². The zero-order chi connectivity index (χ0) is 15.0. The molecule has 0 aliphatic rings. The second-order valence-electron chi connectivity index (χ2n) is 4.20. The van der Waals surface area contributed by atoms with Crippen LogP contribution in [0.15, 0.2) is 18.2 Å². The van der Waals surface area contributed by atoms with Gasteiger partial charge in [0.1, 0.15) is 17.3 Å². The molecule has 0 saturated carbocycles. The van der Waals surface area contributed by atoms with Crippen molar-refractivity contribution in [2.75, 3.05) is 11.9 Å². The number of hydrogen-bond acceptors (Lipinski definition) is 5. The highest BCUT2D eigenvalue weighted by atomic mass is 16.6. The van der Waals surface area contributed by atoms with Crippen molar-refractivity contribution < 1.29 is 14.8 Å². The average Bonchev–Trinajstić information content (AvgIpc) is 2.41. The molecular weight excluding hydrogens is 262 g/mol. The second kappa shape index (κ2) is 7.74. The normalized spacial score (nSPS) is 9.75. The van der Waals surface area contributed by atoms with Crippen molar-refractivity contribution in [3.63, 3.8) is 0 Å². The molecule has 1 rings (SSSR count). The van der Waals surface area contributed by atoms with Crippen molar-refractivity contribution in [3.05, 3.63) is 33.9 Å². The third-order valence-corrected chi connectivity index (χ3v) is 2.72. The number of rotatable bonds is 8. The summed E-state index contributed by atoms with van der Waals surface area (Å²) in [6, 6.07) is 6.33. The Morgan fingerprint density at radius 2 is 2.15 bits per heavy atom. The van der Waals surface area contributed by atoms with Crippen molar-refractivity contribution in [1.29, 1.82) is 5.26 Å². The molecule has 0 bridgehead atoms. The largest absolute Gasteiger partial charge is 0.481 e. The lowest BCUT2D eigenvalue weighted by atomic mass is 10.1. The third-order valence-electron chi connectivity index (χ3n) is 2.72. The lowest BCUT2D eigenvalue weighted by molar-refractivity contribution is -0.384. The number of nitro benzene ring substituents is 1. The lowest BCUT2D eigenvalue weighted by Crippen LogP contribution is -2.05. The van der Waals surface area contributed by atoms with Crippen LogP contribution in [0.5, 0.6) is 0 Å². The highest BCUT2D eigenvalue weighted by Crippen LogP contribution is 2.27. The number of aliphatic carboxylic acids is 1. The number of nitrogens with one attached hydrogen (secondary N) is 1. The highest BCUT2D eigenvalue weighted by molar-refractivity contribution is 5.68. The summed E-state index contributed by atoms with van der Waals surface area (Å²) in [5, 5.41) is 31.2. The Bertz CT molecular complexity index is 537. The average molecular weight is 277 g/mol. The van der Waals surface area contributed by atoms with Crippen LogP contribution in [-0.4, -0.2) is 22.5 Å². The Morgan fingerprint density at radius 1 is 1.40 bits per heavy atom. The SMILES string of the molecule is N#Cc1cccc(NCCCCCC(=O)O)c1[N+](=O)[O-]. The van der Waals surface area contributed by atoms with E-state index < -0.39 is 10.9 Å². The molecule has 0 fully saturated rings. The number of carboxylic acid groups (broad SMARTS) is 1. The quantitative estimate of drug-likeness (QED) is 0.428. The molecule has 1 aromatic rings. The van der Waals surface area contributed by atoms with Crippen LogP contribution in [0.25, 0.3) is 0 Å². The van der Waals surface area contributed by atoms with Gasteiger partial charge in [0.25, 0.3) is 0 Å². The van der Waals surface area contributed by atoms with E-state index in [1.807, 2.05) is 0 Å². The molecule has 0 radical (unpaired) electrons. The molecular formula is C13H15N3O4. The van der Waals surface area contributed by atoms with E-state index in [0.717, 1.165) is 6.42 Å². The lowest BCUT2D eigenvalue weighted by Gasteiger charge is -2.07. The number of para-hydroxylation sites is 1. The first kappa shape index (κ1) is 15.4. The van der Waals surface area contributed by atoms with Gasteiger partial charge in [-0.05, 0) is 25.0 Å². The van der Waals surface area contributed by atoms with E-state index in [-0.39, 0.29) is 17.7 Å². The van der Waals surface area contributed by atoms with Gasteiger partial charge in [-0.15, -0.1) is 0 Å². The van der Waals surface area contributed by atoms with Crippen LogP contribution in [0, 0.1) is 21.4 Å². The Balaban J connectivity index is 2.54. The van der Waals surface area contributed by atoms with E-state index in [2.05, 4.69) is 5.32 Å². The Morgan fingerprint density at radius 3 is 2.75 bits per heavy atom. The zero-order valence-corrected chi connectivity index (χ0v) is 10.8. The summed E-state index contributed by atoms with van der Waals surface area (Å²) in [7, 11) is 0. The van der Waals surface area contributed by atoms with Gasteiger partial charge < -0.3 is 10.4 Å². The smallest absolute Gasteiger partial charge is 0.309 e. The molecule has 0 heterocycles. The summed E-state index contributed by atoms with van der Waals surface area (Å²) >= 11 is 0. The van der Waals surface area contributed by atoms with Crippen LogP contribution in [0.1, 0.15) is 31.2 Å². The number of nitrogens with zero attached hydrogens (tertiary/aromatic N) is 2. The third kappa shape index (κ3) is 4.57. The Labute approximate surface area is 116 Å². The molecule has 20 heavy (non-hydrogen) atoms. The van der Waals surface area contributed by atoms with Crippen LogP contribution >= 0.6 is 0 Å². The number of carboxylic acids is 1. The first-order valence-corrected chi connectivity index (χ1v) is 6.19. The minimum atomic E-state index is -0.824. The van der Waals surface area contributed by atoms with Gasteiger partial charge in [0.2, 0.25) is 0 Å². The van der Waals surface area contributed by atoms with Gasteiger partial charge in [-0.1, -0.05) is 12.5 Å². The van der Waals surface area contributed by atoms with Crippen molar-refractivity contribution in [2.45, 2.75) is 25.7 Å². The van der Waals surface area contributed by atoms with Crippen molar-refractivity contribution >= 4 is 17.3 Å². The number of anilines is 1. The minimum absolute atomic E-state index is 0.0193. The van der Waals surface area contributed by atoms with E-state index in [0.29, 0.717) is 25.1 Å². The monoisotopic (exact) mass is 277 g/mol. The number of nitro groups is 1. The molecule has 106 valence electrons. The van der Waals surface area contributed by atoms with E-state index in [9.17, 15) is 14.9 Å². The Hall–Kier alpha value is -2.62. The topological polar surface area (TPSA) is 116 Å². The van der Waals surface area contributed by atoms with E-state index in [1.54, 1.807) is 18.2 Å². The number of hydrogen-bond donors (Lipinski definition) is 2. The van der Waals surface area contributed by atoms with Gasteiger partial charge >= 0.3 is 11.7 Å². The maximum absolute atomic E-state index is 11.0. The molecule has 0 aliphatic heterocycles. The van der Waals surface area contributed by atoms with Crippen molar-refractivity contribution in [3.8, 4) is 6.07 Å². The molecule has 7 heteroatoms. The number of nitriles is 1. The van der Waals surface area contributed by atoms with Gasteiger partial charge in [-0.25, -0.2) is 0 Å². The molecule has 0 atom stereocenters. The maximum atomic E-state index is 11.0. The van der Waals surface area contributed by atoms with E-state index >= 15 is 0 Å². The fourth-order valence-corrected chi connectivity index (χ4v) is 1.77. The van der Waals surface area contributed by atoms with Crippen molar-refractivity contribution in [1.82, 2.24) is 0 Å². The molecule has 0 amide bonds. The molecule has 0 aliphatic carbocycles. The van der Waals surface area contributed by atoms with Gasteiger partial charge in [0, 0.05) is 13.0 Å². The molecule has 0 saturated heterocycles. The van der Waals surface area contributed by atoms with E-state index in [1.165, 1.54) is 6.07 Å². The first-order valence-electron chi connectivity index (χ1n) is 6.19. The fraction of sp³-hybridized carbons (Fsp3) is 0.385. The molecule has 7 nitrogen and oxygen atoms in total. The summed E-state index contributed by atoms with van der Waals surface area (Å²) in [6.45, 7) is 0.495. The van der Waals surface area contributed by atoms with Crippen LogP contribution in [0.3, 0.4) is 0 Å². The number of benzene rings is 1. The van der Waals surface area contributed by atoms with Gasteiger partial charge in [-0.2, -0.15) is 5.26 Å². The summed E-state index contributed by atoms with van der Waals surface area (Å²) in [6.07, 6.45) is 2.15. The van der Waals surface area contributed by atoms with Crippen LogP contribution in [0.2, 0.25) is 0 Å². The predicted octanol–water partition coefficient (Wildman–Crippen LogP) is 2.52. The predicted molar refractivity (Wildman–Crippen MR) is 72.4 cm³/mol. The minimum Gasteiger partial charge on any atom is -0.481 e. The number of carbonyl (C=O) groups is 1. The molecule has 0 unspecified atom stereocenters. The van der Waals surface area contributed by atoms with Crippen LogP contribution in [0.4, 0.5) is 11.4 Å². The van der Waals surface area contributed by atoms with Gasteiger partial charge in [0.15, 0.2) is 0 Å².